The number of rotatable bonds is 10. The quantitative estimate of drug-likeness (QED) is 0.219. The molecule has 4 rings (SSSR count). The van der Waals surface area contributed by atoms with E-state index in [1.807, 2.05) is 55.5 Å². The van der Waals surface area contributed by atoms with Crippen molar-refractivity contribution in [2.75, 3.05) is 0 Å². The zero-order chi connectivity index (χ0) is 27.1. The number of aryl methyl sites for hydroxylation is 1. The van der Waals surface area contributed by atoms with E-state index in [0.29, 0.717) is 12.4 Å². The van der Waals surface area contributed by atoms with Crippen molar-refractivity contribution in [1.82, 2.24) is 10.1 Å². The summed E-state index contributed by atoms with van der Waals surface area (Å²) in [7, 11) is -3.87. The first-order chi connectivity index (χ1) is 18.2. The standard InChI is InChI=1S/C30H31N3O4S/c1-21(2)29(33-38(35,36)27-16-14-22(3)15-17-27)30(34)32-31-19-23-8-6-12-26(18-23)37-20-25-11-7-10-24-9-4-5-13-28(24)25/h4-19,21,29,33H,20H2,1-3H3,(H,32,34)/b31-19-/t29-/m1/s1. The van der Waals surface area contributed by atoms with Crippen LogP contribution < -0.4 is 14.9 Å². The molecule has 0 fully saturated rings. The number of fused-ring (bicyclic) bond motifs is 1. The van der Waals surface area contributed by atoms with Crippen LogP contribution in [-0.2, 0) is 21.4 Å². The van der Waals surface area contributed by atoms with Gasteiger partial charge >= 0.3 is 0 Å². The number of hydrogen-bond acceptors (Lipinski definition) is 5. The van der Waals surface area contributed by atoms with Crippen molar-refractivity contribution < 1.29 is 17.9 Å². The first-order valence-corrected chi connectivity index (χ1v) is 13.8. The average molecular weight is 530 g/mol. The van der Waals surface area contributed by atoms with Crippen molar-refractivity contribution >= 4 is 32.9 Å². The Kier molecular flexibility index (Phi) is 8.55. The third-order valence-corrected chi connectivity index (χ3v) is 7.54. The number of hydrazone groups is 1. The van der Waals surface area contributed by atoms with Crippen LogP contribution in [0.15, 0.2) is 101 Å². The molecule has 0 aliphatic rings. The summed E-state index contributed by atoms with van der Waals surface area (Å²) in [5.41, 5.74) is 5.21. The lowest BCUT2D eigenvalue weighted by atomic mass is 10.1. The van der Waals surface area contributed by atoms with Gasteiger partial charge in [-0.15, -0.1) is 0 Å². The van der Waals surface area contributed by atoms with Crippen LogP contribution in [0.1, 0.15) is 30.5 Å². The highest BCUT2D eigenvalue weighted by atomic mass is 32.2. The van der Waals surface area contributed by atoms with Crippen molar-refractivity contribution in [2.24, 2.45) is 11.0 Å². The molecule has 0 aromatic heterocycles. The molecule has 38 heavy (non-hydrogen) atoms. The molecule has 0 spiro atoms. The molecule has 1 amide bonds. The van der Waals surface area contributed by atoms with Crippen molar-refractivity contribution in [3.05, 3.63) is 108 Å². The van der Waals surface area contributed by atoms with Crippen molar-refractivity contribution in [3.63, 3.8) is 0 Å². The van der Waals surface area contributed by atoms with E-state index >= 15 is 0 Å². The van der Waals surface area contributed by atoms with Gasteiger partial charge in [0.1, 0.15) is 18.4 Å². The fourth-order valence-corrected chi connectivity index (χ4v) is 5.29. The number of sulfonamides is 1. The Labute approximate surface area is 223 Å². The van der Waals surface area contributed by atoms with Crippen LogP contribution in [-0.4, -0.2) is 26.6 Å². The Hall–Kier alpha value is -4.01. The maximum atomic E-state index is 12.8. The lowest BCUT2D eigenvalue weighted by Gasteiger charge is -2.20. The zero-order valence-electron chi connectivity index (χ0n) is 21.6. The van der Waals surface area contributed by atoms with Gasteiger partial charge in [-0.25, -0.2) is 13.8 Å². The van der Waals surface area contributed by atoms with E-state index in [1.54, 1.807) is 26.0 Å². The van der Waals surface area contributed by atoms with Gasteiger partial charge in [-0.05, 0) is 59.0 Å². The molecule has 4 aromatic carbocycles. The predicted octanol–water partition coefficient (Wildman–Crippen LogP) is 5.18. The van der Waals surface area contributed by atoms with E-state index < -0.39 is 22.0 Å². The molecular formula is C30H31N3O4S. The van der Waals surface area contributed by atoms with E-state index in [2.05, 4.69) is 33.4 Å². The summed E-state index contributed by atoms with van der Waals surface area (Å²) in [6, 6.07) is 27.1. The second-order valence-electron chi connectivity index (χ2n) is 9.39. The first-order valence-electron chi connectivity index (χ1n) is 12.3. The summed E-state index contributed by atoms with van der Waals surface area (Å²) in [6.45, 7) is 5.82. The van der Waals surface area contributed by atoms with Crippen LogP contribution in [0.4, 0.5) is 0 Å². The Bertz CT molecular complexity index is 1540. The van der Waals surface area contributed by atoms with Gasteiger partial charge in [0.2, 0.25) is 10.0 Å². The molecule has 0 unspecified atom stereocenters. The van der Waals surface area contributed by atoms with Gasteiger partial charge in [0.25, 0.3) is 5.91 Å². The van der Waals surface area contributed by atoms with E-state index in [-0.39, 0.29) is 10.8 Å². The number of nitrogens with zero attached hydrogens (tertiary/aromatic N) is 1. The molecule has 0 aliphatic carbocycles. The number of benzene rings is 4. The summed E-state index contributed by atoms with van der Waals surface area (Å²) in [6.07, 6.45) is 1.49. The monoisotopic (exact) mass is 529 g/mol. The van der Waals surface area contributed by atoms with Crippen LogP contribution in [0.2, 0.25) is 0 Å². The highest BCUT2D eigenvalue weighted by molar-refractivity contribution is 7.89. The van der Waals surface area contributed by atoms with Gasteiger partial charge in [0.15, 0.2) is 0 Å². The summed E-state index contributed by atoms with van der Waals surface area (Å²) < 4.78 is 34.1. The maximum absolute atomic E-state index is 12.8. The normalized spacial score (nSPS) is 12.6. The minimum atomic E-state index is -3.87. The third kappa shape index (κ3) is 6.85. The number of carbonyl (C=O) groups is 1. The maximum Gasteiger partial charge on any atom is 0.258 e. The average Bonchev–Trinajstić information content (AvgIpc) is 2.91. The first kappa shape index (κ1) is 27.0. The lowest BCUT2D eigenvalue weighted by Crippen LogP contribution is -2.48. The number of amides is 1. The van der Waals surface area contributed by atoms with E-state index in [9.17, 15) is 13.2 Å². The second-order valence-corrected chi connectivity index (χ2v) is 11.1. The Morgan fingerprint density at radius 1 is 0.947 bits per heavy atom. The predicted molar refractivity (Wildman–Crippen MR) is 151 cm³/mol. The smallest absolute Gasteiger partial charge is 0.258 e. The summed E-state index contributed by atoms with van der Waals surface area (Å²) in [4.78, 5) is 12.9. The topological polar surface area (TPSA) is 96.9 Å². The third-order valence-electron chi connectivity index (χ3n) is 6.08. The largest absolute Gasteiger partial charge is 0.489 e. The Balaban J connectivity index is 1.38. The number of carbonyl (C=O) groups excluding carboxylic acids is 1. The molecule has 0 saturated carbocycles. The fourth-order valence-electron chi connectivity index (χ4n) is 3.95. The fraction of sp³-hybridized carbons (Fsp3) is 0.200. The Morgan fingerprint density at radius 2 is 1.66 bits per heavy atom. The summed E-state index contributed by atoms with van der Waals surface area (Å²) in [5, 5.41) is 6.35. The van der Waals surface area contributed by atoms with Crippen molar-refractivity contribution in [1.29, 1.82) is 0 Å². The molecule has 196 valence electrons. The van der Waals surface area contributed by atoms with Gasteiger partial charge in [-0.1, -0.05) is 86.1 Å². The molecule has 0 heterocycles. The molecule has 0 aliphatic heterocycles. The zero-order valence-corrected chi connectivity index (χ0v) is 22.4. The molecule has 2 N–H and O–H groups in total. The molecule has 7 nitrogen and oxygen atoms in total. The van der Waals surface area contributed by atoms with Gasteiger partial charge in [0.05, 0.1) is 11.1 Å². The highest BCUT2D eigenvalue weighted by Crippen LogP contribution is 2.21. The molecule has 0 radical (unpaired) electrons. The SMILES string of the molecule is Cc1ccc(S(=O)(=O)N[C@@H](C(=O)N/N=C\c2cccc(OCc3cccc4ccccc34)c2)C(C)C)cc1. The van der Waals surface area contributed by atoms with E-state index in [0.717, 1.165) is 27.5 Å². The van der Waals surface area contributed by atoms with Crippen LogP contribution in [0.25, 0.3) is 10.8 Å². The minimum Gasteiger partial charge on any atom is -0.489 e. The molecule has 1 atom stereocenters. The van der Waals surface area contributed by atoms with Gasteiger partial charge in [0, 0.05) is 0 Å². The van der Waals surface area contributed by atoms with Crippen LogP contribution >= 0.6 is 0 Å². The summed E-state index contributed by atoms with van der Waals surface area (Å²) >= 11 is 0. The van der Waals surface area contributed by atoms with Crippen LogP contribution in [0.3, 0.4) is 0 Å². The molecule has 0 bridgehead atoms. The van der Waals surface area contributed by atoms with E-state index in [4.69, 9.17) is 4.74 Å². The highest BCUT2D eigenvalue weighted by Gasteiger charge is 2.28. The van der Waals surface area contributed by atoms with Crippen molar-refractivity contribution in [2.45, 2.75) is 38.3 Å². The number of ether oxygens (including phenoxy) is 1. The minimum absolute atomic E-state index is 0.102. The Morgan fingerprint density at radius 3 is 2.42 bits per heavy atom. The van der Waals surface area contributed by atoms with Gasteiger partial charge in [-0.2, -0.15) is 9.82 Å². The number of hydrogen-bond donors (Lipinski definition) is 2. The van der Waals surface area contributed by atoms with Crippen LogP contribution in [0.5, 0.6) is 5.75 Å². The number of nitrogens with one attached hydrogen (secondary N) is 2. The molecule has 4 aromatic rings. The molecular weight excluding hydrogens is 498 g/mol. The second kappa shape index (κ2) is 12.0. The molecule has 0 saturated heterocycles. The molecule has 8 heteroatoms. The summed E-state index contributed by atoms with van der Waals surface area (Å²) in [5.74, 6) is -0.175. The van der Waals surface area contributed by atoms with Crippen LogP contribution in [0, 0.1) is 12.8 Å². The van der Waals surface area contributed by atoms with E-state index in [1.165, 1.54) is 18.3 Å². The van der Waals surface area contributed by atoms with Gasteiger partial charge in [-0.3, -0.25) is 4.79 Å². The van der Waals surface area contributed by atoms with Crippen molar-refractivity contribution in [3.8, 4) is 5.75 Å². The van der Waals surface area contributed by atoms with Gasteiger partial charge < -0.3 is 4.74 Å². The lowest BCUT2D eigenvalue weighted by molar-refractivity contribution is -0.123.